The SMILES string of the molecule is CCC1CCCCC1OC(=O)CCC(C)CN. The van der Waals surface area contributed by atoms with Gasteiger partial charge in [0.05, 0.1) is 0 Å². The second-order valence-corrected chi connectivity index (χ2v) is 5.36. The topological polar surface area (TPSA) is 52.3 Å². The summed E-state index contributed by atoms with van der Waals surface area (Å²) in [5.41, 5.74) is 5.53. The first-order chi connectivity index (χ1) is 8.17. The van der Waals surface area contributed by atoms with Gasteiger partial charge in [0.25, 0.3) is 0 Å². The van der Waals surface area contributed by atoms with Gasteiger partial charge in [-0.2, -0.15) is 0 Å². The predicted molar refractivity (Wildman–Crippen MR) is 69.6 cm³/mol. The number of rotatable bonds is 6. The van der Waals surface area contributed by atoms with Crippen LogP contribution in [0.1, 0.15) is 58.8 Å². The van der Waals surface area contributed by atoms with Crippen LogP contribution in [0.15, 0.2) is 0 Å². The molecule has 3 heteroatoms. The van der Waals surface area contributed by atoms with Crippen molar-refractivity contribution in [3.05, 3.63) is 0 Å². The van der Waals surface area contributed by atoms with E-state index in [2.05, 4.69) is 13.8 Å². The molecule has 0 aromatic carbocycles. The van der Waals surface area contributed by atoms with Gasteiger partial charge in [0, 0.05) is 6.42 Å². The maximum absolute atomic E-state index is 11.7. The van der Waals surface area contributed by atoms with Crippen molar-refractivity contribution < 1.29 is 9.53 Å². The zero-order valence-electron chi connectivity index (χ0n) is 11.3. The quantitative estimate of drug-likeness (QED) is 0.727. The van der Waals surface area contributed by atoms with E-state index in [1.165, 1.54) is 19.3 Å². The van der Waals surface area contributed by atoms with Crippen LogP contribution in [0.25, 0.3) is 0 Å². The lowest BCUT2D eigenvalue weighted by Crippen LogP contribution is -2.29. The molecule has 3 atom stereocenters. The molecular formula is C14H27NO2. The molecule has 0 spiro atoms. The minimum Gasteiger partial charge on any atom is -0.462 e. The van der Waals surface area contributed by atoms with Crippen molar-refractivity contribution >= 4 is 5.97 Å². The van der Waals surface area contributed by atoms with Crippen LogP contribution in [-0.2, 0) is 9.53 Å². The molecule has 1 fully saturated rings. The molecule has 0 heterocycles. The van der Waals surface area contributed by atoms with Gasteiger partial charge in [-0.1, -0.05) is 20.3 Å². The molecule has 0 aliphatic heterocycles. The fraction of sp³-hybridized carbons (Fsp3) is 0.929. The minimum absolute atomic E-state index is 0.0318. The van der Waals surface area contributed by atoms with Gasteiger partial charge in [0.15, 0.2) is 0 Å². The van der Waals surface area contributed by atoms with E-state index in [1.807, 2.05) is 0 Å². The number of hydrogen-bond donors (Lipinski definition) is 1. The number of carbonyl (C=O) groups is 1. The second-order valence-electron chi connectivity index (χ2n) is 5.36. The molecule has 1 rings (SSSR count). The molecule has 3 unspecified atom stereocenters. The van der Waals surface area contributed by atoms with Crippen LogP contribution < -0.4 is 5.73 Å². The lowest BCUT2D eigenvalue weighted by molar-refractivity contribution is -0.154. The standard InChI is InChI=1S/C14H27NO2/c1-3-12-6-4-5-7-13(12)17-14(16)9-8-11(2)10-15/h11-13H,3-10,15H2,1-2H3. The smallest absolute Gasteiger partial charge is 0.306 e. The third-order valence-electron chi connectivity index (χ3n) is 3.89. The Hall–Kier alpha value is -0.570. The summed E-state index contributed by atoms with van der Waals surface area (Å²) in [6.07, 6.45) is 7.42. The van der Waals surface area contributed by atoms with Crippen molar-refractivity contribution in [3.63, 3.8) is 0 Å². The molecule has 0 saturated heterocycles. The fourth-order valence-electron chi connectivity index (χ4n) is 2.51. The van der Waals surface area contributed by atoms with Crippen molar-refractivity contribution in [2.75, 3.05) is 6.54 Å². The van der Waals surface area contributed by atoms with Gasteiger partial charge in [-0.05, 0) is 50.5 Å². The Labute approximate surface area is 105 Å². The Bertz CT molecular complexity index is 230. The molecule has 0 radical (unpaired) electrons. The minimum atomic E-state index is -0.0318. The van der Waals surface area contributed by atoms with Crippen molar-refractivity contribution in [1.82, 2.24) is 0 Å². The largest absolute Gasteiger partial charge is 0.462 e. The lowest BCUT2D eigenvalue weighted by Gasteiger charge is -2.30. The molecule has 0 bridgehead atoms. The van der Waals surface area contributed by atoms with E-state index in [0.717, 1.165) is 19.3 Å². The third kappa shape index (κ3) is 5.07. The zero-order valence-corrected chi connectivity index (χ0v) is 11.3. The lowest BCUT2D eigenvalue weighted by atomic mass is 9.85. The third-order valence-corrected chi connectivity index (χ3v) is 3.89. The average Bonchev–Trinajstić information content (AvgIpc) is 2.36. The molecule has 1 saturated carbocycles. The van der Waals surface area contributed by atoms with E-state index >= 15 is 0 Å². The van der Waals surface area contributed by atoms with Gasteiger partial charge in [-0.3, -0.25) is 4.79 Å². The van der Waals surface area contributed by atoms with E-state index in [0.29, 0.717) is 24.8 Å². The fourth-order valence-corrected chi connectivity index (χ4v) is 2.51. The maximum Gasteiger partial charge on any atom is 0.306 e. The maximum atomic E-state index is 11.7. The Balaban J connectivity index is 2.28. The molecule has 0 amide bonds. The van der Waals surface area contributed by atoms with Gasteiger partial charge in [-0.15, -0.1) is 0 Å². The Morgan fingerprint density at radius 2 is 2.12 bits per heavy atom. The summed E-state index contributed by atoms with van der Waals surface area (Å²) in [4.78, 5) is 11.7. The second kappa shape index (κ2) is 7.70. The van der Waals surface area contributed by atoms with E-state index in [4.69, 9.17) is 10.5 Å². The summed E-state index contributed by atoms with van der Waals surface area (Å²) < 4.78 is 5.61. The van der Waals surface area contributed by atoms with Crippen LogP contribution in [-0.4, -0.2) is 18.6 Å². The first-order valence-corrected chi connectivity index (χ1v) is 7.06. The number of carbonyl (C=O) groups excluding carboxylic acids is 1. The highest BCUT2D eigenvalue weighted by Crippen LogP contribution is 2.29. The Kier molecular flexibility index (Phi) is 6.56. The van der Waals surface area contributed by atoms with Crippen molar-refractivity contribution in [2.24, 2.45) is 17.6 Å². The van der Waals surface area contributed by atoms with E-state index in [-0.39, 0.29) is 12.1 Å². The average molecular weight is 241 g/mol. The summed E-state index contributed by atoms with van der Waals surface area (Å²) in [6, 6.07) is 0. The van der Waals surface area contributed by atoms with Gasteiger partial charge in [0.2, 0.25) is 0 Å². The first kappa shape index (κ1) is 14.5. The molecule has 1 aliphatic rings. The van der Waals surface area contributed by atoms with Crippen molar-refractivity contribution in [3.8, 4) is 0 Å². The normalized spacial score (nSPS) is 26.5. The van der Waals surface area contributed by atoms with Gasteiger partial charge in [0.1, 0.15) is 6.10 Å². The molecule has 1 aliphatic carbocycles. The molecule has 0 aromatic heterocycles. The summed E-state index contributed by atoms with van der Waals surface area (Å²) in [5, 5.41) is 0. The Morgan fingerprint density at radius 3 is 2.76 bits per heavy atom. The number of ether oxygens (including phenoxy) is 1. The number of esters is 1. The Morgan fingerprint density at radius 1 is 1.41 bits per heavy atom. The van der Waals surface area contributed by atoms with Gasteiger partial charge >= 0.3 is 5.97 Å². The predicted octanol–water partition coefficient (Wildman–Crippen LogP) is 2.87. The molecule has 2 N–H and O–H groups in total. The van der Waals surface area contributed by atoms with Crippen LogP contribution >= 0.6 is 0 Å². The highest BCUT2D eigenvalue weighted by Gasteiger charge is 2.26. The summed E-state index contributed by atoms with van der Waals surface area (Å²) in [7, 11) is 0. The van der Waals surface area contributed by atoms with Crippen LogP contribution in [0.5, 0.6) is 0 Å². The molecular weight excluding hydrogens is 214 g/mol. The van der Waals surface area contributed by atoms with Crippen LogP contribution in [0.2, 0.25) is 0 Å². The highest BCUT2D eigenvalue weighted by molar-refractivity contribution is 5.69. The van der Waals surface area contributed by atoms with E-state index < -0.39 is 0 Å². The highest BCUT2D eigenvalue weighted by atomic mass is 16.5. The number of nitrogens with two attached hydrogens (primary N) is 1. The van der Waals surface area contributed by atoms with Crippen molar-refractivity contribution in [1.29, 1.82) is 0 Å². The first-order valence-electron chi connectivity index (χ1n) is 7.06. The van der Waals surface area contributed by atoms with Gasteiger partial charge in [-0.25, -0.2) is 0 Å². The zero-order chi connectivity index (χ0) is 12.7. The summed E-state index contributed by atoms with van der Waals surface area (Å²) in [5.74, 6) is 0.964. The van der Waals surface area contributed by atoms with Gasteiger partial charge < -0.3 is 10.5 Å². The van der Waals surface area contributed by atoms with Crippen LogP contribution in [0.4, 0.5) is 0 Å². The molecule has 100 valence electrons. The van der Waals surface area contributed by atoms with E-state index in [1.54, 1.807) is 0 Å². The molecule has 0 aromatic rings. The summed E-state index contributed by atoms with van der Waals surface area (Å²) >= 11 is 0. The van der Waals surface area contributed by atoms with Crippen molar-refractivity contribution in [2.45, 2.75) is 64.9 Å². The molecule has 3 nitrogen and oxygen atoms in total. The van der Waals surface area contributed by atoms with Crippen LogP contribution in [0.3, 0.4) is 0 Å². The molecule has 17 heavy (non-hydrogen) atoms. The van der Waals surface area contributed by atoms with Crippen LogP contribution in [0, 0.1) is 11.8 Å². The monoisotopic (exact) mass is 241 g/mol. The van der Waals surface area contributed by atoms with E-state index in [9.17, 15) is 4.79 Å². The summed E-state index contributed by atoms with van der Waals surface area (Å²) in [6.45, 7) is 4.91. The number of hydrogen-bond acceptors (Lipinski definition) is 3.